The molecular weight excluding hydrogens is 565 g/mol. The molecule has 0 bridgehead atoms. The largest absolute Gasteiger partial charge is 0.399 e. The summed E-state index contributed by atoms with van der Waals surface area (Å²) in [6.07, 6.45) is 0.736. The molecule has 0 fully saturated rings. The second kappa shape index (κ2) is 14.0. The molecule has 39 heavy (non-hydrogen) atoms. The molecule has 15 heteroatoms. The zero-order valence-electron chi connectivity index (χ0n) is 20.5. The number of amides is 2. The SMILES string of the molecule is O=C(Cc1ccccc1)Nc1nnc(CCOS(=O)(=O)OCCc2nnc(NC(=O)Cc3ccccc3)s2)s1. The van der Waals surface area contributed by atoms with Crippen LogP contribution < -0.4 is 10.6 Å². The molecule has 2 N–H and O–H groups in total. The number of hydrogen-bond donors (Lipinski definition) is 2. The summed E-state index contributed by atoms with van der Waals surface area (Å²) in [7, 11) is -4.24. The Morgan fingerprint density at radius 3 is 1.49 bits per heavy atom. The zero-order valence-corrected chi connectivity index (χ0v) is 22.9. The van der Waals surface area contributed by atoms with Crippen molar-refractivity contribution in [2.24, 2.45) is 0 Å². The lowest BCUT2D eigenvalue weighted by Crippen LogP contribution is -2.14. The zero-order chi connectivity index (χ0) is 27.5. The van der Waals surface area contributed by atoms with Gasteiger partial charge in [-0.05, 0) is 11.1 Å². The van der Waals surface area contributed by atoms with Crippen molar-refractivity contribution in [1.82, 2.24) is 20.4 Å². The van der Waals surface area contributed by atoms with Crippen LogP contribution in [0.5, 0.6) is 0 Å². The van der Waals surface area contributed by atoms with E-state index >= 15 is 0 Å². The number of nitrogens with zero attached hydrogens (tertiary/aromatic N) is 4. The van der Waals surface area contributed by atoms with Crippen LogP contribution in [0.2, 0.25) is 0 Å². The molecule has 0 saturated carbocycles. The summed E-state index contributed by atoms with van der Waals surface area (Å²) in [4.78, 5) is 24.3. The maximum Gasteiger partial charge on any atom is 0.399 e. The second-order valence-electron chi connectivity index (χ2n) is 7.98. The highest BCUT2D eigenvalue weighted by Gasteiger charge is 2.15. The summed E-state index contributed by atoms with van der Waals surface area (Å²) in [6.45, 7) is -0.406. The van der Waals surface area contributed by atoms with E-state index in [1.165, 1.54) is 0 Å². The molecule has 4 aromatic rings. The Kier molecular flexibility index (Phi) is 10.2. The van der Waals surface area contributed by atoms with Gasteiger partial charge in [-0.15, -0.1) is 20.4 Å². The molecule has 204 valence electrons. The van der Waals surface area contributed by atoms with Gasteiger partial charge in [0.05, 0.1) is 26.1 Å². The summed E-state index contributed by atoms with van der Waals surface area (Å²) < 4.78 is 33.8. The number of benzene rings is 2. The molecule has 0 aliphatic carbocycles. The van der Waals surface area contributed by atoms with Gasteiger partial charge in [-0.2, -0.15) is 8.42 Å². The summed E-state index contributed by atoms with van der Waals surface area (Å²) in [5.41, 5.74) is 1.74. The molecular formula is C24H24N6O6S3. The lowest BCUT2D eigenvalue weighted by molar-refractivity contribution is -0.116. The Labute approximate surface area is 232 Å². The van der Waals surface area contributed by atoms with Gasteiger partial charge >= 0.3 is 10.4 Å². The quantitative estimate of drug-likeness (QED) is 0.224. The maximum absolute atomic E-state index is 12.1. The highest BCUT2D eigenvalue weighted by atomic mass is 32.3. The molecule has 2 amide bonds. The Morgan fingerprint density at radius 1 is 0.667 bits per heavy atom. The monoisotopic (exact) mass is 588 g/mol. The first-order chi connectivity index (χ1) is 18.8. The van der Waals surface area contributed by atoms with Crippen LogP contribution in [0.3, 0.4) is 0 Å². The van der Waals surface area contributed by atoms with Gasteiger partial charge in [-0.3, -0.25) is 9.59 Å². The Balaban J connectivity index is 1.13. The van der Waals surface area contributed by atoms with Crippen molar-refractivity contribution in [1.29, 1.82) is 0 Å². The van der Waals surface area contributed by atoms with Crippen molar-refractivity contribution in [2.75, 3.05) is 23.8 Å². The van der Waals surface area contributed by atoms with Crippen molar-refractivity contribution in [3.63, 3.8) is 0 Å². The topological polar surface area (TPSA) is 162 Å². The first-order valence-corrected chi connectivity index (χ1v) is 14.7. The Morgan fingerprint density at radius 2 is 1.08 bits per heavy atom. The van der Waals surface area contributed by atoms with Gasteiger partial charge in [-0.1, -0.05) is 83.3 Å². The third kappa shape index (κ3) is 9.88. The third-order valence-electron chi connectivity index (χ3n) is 4.93. The standard InChI is InChI=1S/C24H24N6O6S3/c31-19(15-17-7-3-1-4-8-17)25-23-29-27-21(37-23)11-13-35-39(33,34)36-14-12-22-28-30-24(38-22)26-20(32)16-18-9-5-2-6-10-18/h1-10H,11-16H2,(H,25,29,31)(H,26,30,32). The van der Waals surface area contributed by atoms with Crippen molar-refractivity contribution >= 4 is 55.2 Å². The first-order valence-electron chi connectivity index (χ1n) is 11.7. The molecule has 0 unspecified atom stereocenters. The van der Waals surface area contributed by atoms with Gasteiger partial charge in [0.15, 0.2) is 0 Å². The summed E-state index contributed by atoms with van der Waals surface area (Å²) >= 11 is 2.26. The Hall–Kier alpha value is -3.63. The fourth-order valence-corrected chi connectivity index (χ4v) is 5.31. The van der Waals surface area contributed by atoms with E-state index in [4.69, 9.17) is 8.37 Å². The number of rotatable bonds is 14. The van der Waals surface area contributed by atoms with Crippen LogP contribution in [0.25, 0.3) is 0 Å². The maximum atomic E-state index is 12.1. The Bertz CT molecular complexity index is 1370. The molecule has 12 nitrogen and oxygen atoms in total. The van der Waals surface area contributed by atoms with E-state index in [1.54, 1.807) is 0 Å². The number of carbonyl (C=O) groups is 2. The van der Waals surface area contributed by atoms with Gasteiger partial charge in [0, 0.05) is 12.8 Å². The van der Waals surface area contributed by atoms with Gasteiger partial charge in [0.2, 0.25) is 22.1 Å². The predicted molar refractivity (Wildman–Crippen MR) is 146 cm³/mol. The average molecular weight is 589 g/mol. The number of hydrogen-bond acceptors (Lipinski definition) is 12. The number of anilines is 2. The molecule has 2 aromatic heterocycles. The lowest BCUT2D eigenvalue weighted by Gasteiger charge is -2.04. The molecule has 0 aliphatic rings. The van der Waals surface area contributed by atoms with Crippen LogP contribution >= 0.6 is 22.7 Å². The summed E-state index contributed by atoms with van der Waals surface area (Å²) in [5, 5.41) is 22.6. The fraction of sp³-hybridized carbons (Fsp3) is 0.250. The molecule has 2 aromatic carbocycles. The lowest BCUT2D eigenvalue weighted by atomic mass is 10.1. The van der Waals surface area contributed by atoms with Crippen LogP contribution in [0.15, 0.2) is 60.7 Å². The molecule has 0 radical (unpaired) electrons. The average Bonchev–Trinajstić information content (AvgIpc) is 3.54. The van der Waals surface area contributed by atoms with Gasteiger partial charge in [-0.25, -0.2) is 8.37 Å². The van der Waals surface area contributed by atoms with Crippen LogP contribution in [0.1, 0.15) is 21.1 Å². The molecule has 0 saturated heterocycles. The van der Waals surface area contributed by atoms with E-state index in [1.807, 2.05) is 60.7 Å². The van der Waals surface area contributed by atoms with Crippen molar-refractivity contribution < 1.29 is 26.4 Å². The molecule has 0 atom stereocenters. The summed E-state index contributed by atoms with van der Waals surface area (Å²) in [6, 6.07) is 18.6. The number of nitrogens with one attached hydrogen (secondary N) is 2. The van der Waals surface area contributed by atoms with Crippen LogP contribution in [-0.2, 0) is 54.0 Å². The minimum atomic E-state index is -4.24. The normalized spacial score (nSPS) is 11.3. The van der Waals surface area contributed by atoms with E-state index in [0.29, 0.717) is 20.3 Å². The minimum absolute atomic E-state index is 0.164. The van der Waals surface area contributed by atoms with E-state index < -0.39 is 10.4 Å². The van der Waals surface area contributed by atoms with E-state index in [9.17, 15) is 18.0 Å². The van der Waals surface area contributed by atoms with E-state index in [-0.39, 0.29) is 50.7 Å². The van der Waals surface area contributed by atoms with Gasteiger partial charge < -0.3 is 10.6 Å². The predicted octanol–water partition coefficient (Wildman–Crippen LogP) is 2.82. The molecule has 0 spiro atoms. The minimum Gasteiger partial charge on any atom is -0.300 e. The molecule has 4 rings (SSSR count). The highest BCUT2D eigenvalue weighted by Crippen LogP contribution is 2.18. The smallest absolute Gasteiger partial charge is 0.300 e. The molecule has 0 aliphatic heterocycles. The number of aromatic nitrogens is 4. The number of carbonyl (C=O) groups excluding carboxylic acids is 2. The highest BCUT2D eigenvalue weighted by molar-refractivity contribution is 7.81. The first kappa shape index (κ1) is 28.4. The van der Waals surface area contributed by atoms with E-state index in [2.05, 4.69) is 31.0 Å². The van der Waals surface area contributed by atoms with Crippen molar-refractivity contribution in [2.45, 2.75) is 25.7 Å². The third-order valence-corrected chi connectivity index (χ3v) is 7.64. The van der Waals surface area contributed by atoms with E-state index in [0.717, 1.165) is 33.8 Å². The summed E-state index contributed by atoms with van der Waals surface area (Å²) in [5.74, 6) is -0.457. The van der Waals surface area contributed by atoms with Crippen LogP contribution in [-0.4, -0.2) is 53.8 Å². The van der Waals surface area contributed by atoms with Gasteiger partial charge in [0.25, 0.3) is 0 Å². The second-order valence-corrected chi connectivity index (χ2v) is 11.4. The fourth-order valence-electron chi connectivity index (χ4n) is 3.20. The van der Waals surface area contributed by atoms with Crippen LogP contribution in [0.4, 0.5) is 10.3 Å². The van der Waals surface area contributed by atoms with Crippen LogP contribution in [0, 0.1) is 0 Å². The van der Waals surface area contributed by atoms with Crippen molar-refractivity contribution in [3.8, 4) is 0 Å². The van der Waals surface area contributed by atoms with Crippen molar-refractivity contribution in [3.05, 3.63) is 81.8 Å². The molecule has 2 heterocycles. The van der Waals surface area contributed by atoms with Gasteiger partial charge in [0.1, 0.15) is 10.0 Å².